The van der Waals surface area contributed by atoms with E-state index in [-0.39, 0.29) is 5.78 Å². The number of thiazole rings is 1. The van der Waals surface area contributed by atoms with Gasteiger partial charge in [-0.25, -0.2) is 4.98 Å². The molecule has 0 saturated heterocycles. The van der Waals surface area contributed by atoms with Gasteiger partial charge in [0.2, 0.25) is 0 Å². The zero-order valence-electron chi connectivity index (χ0n) is 12.4. The molecular weight excluding hydrogens is 322 g/mol. The van der Waals surface area contributed by atoms with E-state index in [1.54, 1.807) is 17.5 Å². The van der Waals surface area contributed by atoms with Crippen LogP contribution in [0.2, 0.25) is 0 Å². The molecule has 2 aromatic rings. The van der Waals surface area contributed by atoms with E-state index in [0.29, 0.717) is 5.75 Å². The average Bonchev–Trinajstić information content (AvgIpc) is 3.03. The van der Waals surface area contributed by atoms with Gasteiger partial charge in [0.25, 0.3) is 0 Å². The number of hydrogen-bond acceptors (Lipinski definition) is 5. The molecule has 0 amide bonds. The minimum atomic E-state index is 0.0973. The van der Waals surface area contributed by atoms with E-state index in [1.165, 1.54) is 11.8 Å². The topological polar surface area (TPSA) is 38.1 Å². The van der Waals surface area contributed by atoms with Crippen LogP contribution in [0.5, 0.6) is 0 Å². The van der Waals surface area contributed by atoms with E-state index in [1.807, 2.05) is 48.9 Å². The number of nitrogens with zero attached hydrogens (tertiary/aromatic N) is 3. The molecule has 0 bridgehead atoms. The van der Waals surface area contributed by atoms with Gasteiger partial charge in [0.1, 0.15) is 4.32 Å². The van der Waals surface area contributed by atoms with Crippen LogP contribution in [-0.4, -0.2) is 44.4 Å². The van der Waals surface area contributed by atoms with Crippen molar-refractivity contribution in [3.8, 4) is 5.13 Å². The maximum atomic E-state index is 12.4. The third-order valence-corrected chi connectivity index (χ3v) is 5.53. The van der Waals surface area contributed by atoms with Gasteiger partial charge in [-0.3, -0.25) is 9.36 Å². The summed E-state index contributed by atoms with van der Waals surface area (Å²) in [5.41, 5.74) is 2.70. The molecule has 0 aliphatic heterocycles. The first-order valence-corrected chi connectivity index (χ1v) is 8.65. The van der Waals surface area contributed by atoms with Crippen molar-refractivity contribution in [2.45, 2.75) is 13.8 Å². The summed E-state index contributed by atoms with van der Waals surface area (Å²) in [7, 11) is 3.77. The summed E-state index contributed by atoms with van der Waals surface area (Å²) >= 11 is 8.15. The first kappa shape index (κ1) is 16.2. The highest BCUT2D eigenvalue weighted by Crippen LogP contribution is 2.23. The molecule has 0 N–H and O–H groups in total. The maximum absolute atomic E-state index is 12.4. The van der Waals surface area contributed by atoms with Gasteiger partial charge in [-0.05, 0) is 19.9 Å². The second-order valence-corrected chi connectivity index (χ2v) is 7.29. The molecule has 0 atom stereocenters. The van der Waals surface area contributed by atoms with Crippen LogP contribution in [0.4, 0.5) is 0 Å². The van der Waals surface area contributed by atoms with Gasteiger partial charge in [0.15, 0.2) is 10.9 Å². The van der Waals surface area contributed by atoms with Crippen LogP contribution < -0.4 is 0 Å². The Morgan fingerprint density at radius 2 is 2.19 bits per heavy atom. The van der Waals surface area contributed by atoms with Gasteiger partial charge in [0.05, 0.1) is 5.75 Å². The summed E-state index contributed by atoms with van der Waals surface area (Å²) in [4.78, 5) is 18.6. The van der Waals surface area contributed by atoms with Gasteiger partial charge in [-0.1, -0.05) is 24.0 Å². The number of aromatic nitrogens is 2. The molecular formula is C14H17N3OS3. The molecule has 0 unspecified atom stereocenters. The minimum absolute atomic E-state index is 0.0973. The molecule has 0 aliphatic carbocycles. The Morgan fingerprint density at radius 1 is 1.48 bits per heavy atom. The lowest BCUT2D eigenvalue weighted by Crippen LogP contribution is -2.18. The zero-order valence-corrected chi connectivity index (χ0v) is 14.9. The summed E-state index contributed by atoms with van der Waals surface area (Å²) in [5.74, 6) is 0.458. The van der Waals surface area contributed by atoms with E-state index in [0.717, 1.165) is 26.4 Å². The molecule has 7 heteroatoms. The SMILES string of the molecule is Cc1cc(C(=O)CSC(=S)N(C)C)c(C)n1-c1nccs1. The van der Waals surface area contributed by atoms with Crippen LogP contribution in [0.25, 0.3) is 5.13 Å². The number of hydrogen-bond donors (Lipinski definition) is 0. The van der Waals surface area contributed by atoms with Gasteiger partial charge in [-0.2, -0.15) is 0 Å². The lowest BCUT2D eigenvalue weighted by atomic mass is 10.2. The summed E-state index contributed by atoms with van der Waals surface area (Å²) in [6.45, 7) is 3.94. The second-order valence-electron chi connectivity index (χ2n) is 4.81. The molecule has 2 rings (SSSR count). The lowest BCUT2D eigenvalue weighted by Gasteiger charge is -2.12. The van der Waals surface area contributed by atoms with Crippen molar-refractivity contribution < 1.29 is 4.79 Å². The zero-order chi connectivity index (χ0) is 15.6. The number of aryl methyl sites for hydroxylation is 1. The van der Waals surface area contributed by atoms with Gasteiger partial charge < -0.3 is 4.90 Å². The van der Waals surface area contributed by atoms with Gasteiger partial charge in [-0.15, -0.1) is 11.3 Å². The van der Waals surface area contributed by atoms with Crippen LogP contribution in [-0.2, 0) is 0 Å². The fourth-order valence-corrected chi connectivity index (χ4v) is 3.60. The smallest absolute Gasteiger partial charge is 0.193 e. The number of carbonyl (C=O) groups excluding carboxylic acids is 1. The lowest BCUT2D eigenvalue weighted by molar-refractivity contribution is 0.102. The molecule has 112 valence electrons. The standard InChI is InChI=1S/C14H17N3OS3/c1-9-7-11(12(18)8-21-14(19)16(3)4)10(2)17(9)13-15-5-6-20-13/h5-7H,8H2,1-4H3. The van der Waals surface area contributed by atoms with Crippen molar-refractivity contribution in [1.82, 2.24) is 14.5 Å². The van der Waals surface area contributed by atoms with Crippen molar-refractivity contribution >= 4 is 45.4 Å². The van der Waals surface area contributed by atoms with E-state index >= 15 is 0 Å². The quantitative estimate of drug-likeness (QED) is 0.631. The number of ketones is 1. The Morgan fingerprint density at radius 3 is 2.76 bits per heavy atom. The molecule has 0 radical (unpaired) electrons. The third-order valence-electron chi connectivity index (χ3n) is 3.03. The molecule has 0 fully saturated rings. The van der Waals surface area contributed by atoms with Crippen LogP contribution in [0, 0.1) is 13.8 Å². The summed E-state index contributed by atoms with van der Waals surface area (Å²) in [5, 5.41) is 2.82. The molecule has 4 nitrogen and oxygen atoms in total. The summed E-state index contributed by atoms with van der Waals surface area (Å²) < 4.78 is 2.74. The Kier molecular flexibility index (Phi) is 5.18. The minimum Gasteiger partial charge on any atom is -0.364 e. The maximum Gasteiger partial charge on any atom is 0.193 e. The Bertz CT molecular complexity index is 659. The third kappa shape index (κ3) is 3.53. The molecule has 0 aliphatic rings. The number of thiocarbonyl (C=S) groups is 1. The molecule has 2 aromatic heterocycles. The van der Waals surface area contributed by atoms with Crippen molar-refractivity contribution in [2.24, 2.45) is 0 Å². The predicted molar refractivity (Wildman–Crippen MR) is 94.0 cm³/mol. The van der Waals surface area contributed by atoms with Gasteiger partial charge >= 0.3 is 0 Å². The van der Waals surface area contributed by atoms with E-state index in [9.17, 15) is 4.79 Å². The van der Waals surface area contributed by atoms with Crippen molar-refractivity contribution in [3.05, 3.63) is 34.6 Å². The highest BCUT2D eigenvalue weighted by Gasteiger charge is 2.18. The van der Waals surface area contributed by atoms with E-state index in [2.05, 4.69) is 4.98 Å². The average molecular weight is 340 g/mol. The molecule has 0 aromatic carbocycles. The normalized spacial score (nSPS) is 10.7. The highest BCUT2D eigenvalue weighted by atomic mass is 32.2. The van der Waals surface area contributed by atoms with Crippen LogP contribution >= 0.6 is 35.3 Å². The largest absolute Gasteiger partial charge is 0.364 e. The molecule has 0 spiro atoms. The molecule has 0 saturated carbocycles. The Hall–Kier alpha value is -1.18. The Balaban J connectivity index is 2.20. The van der Waals surface area contributed by atoms with E-state index < -0.39 is 0 Å². The number of carbonyl (C=O) groups is 1. The molecule has 21 heavy (non-hydrogen) atoms. The number of rotatable bonds is 4. The van der Waals surface area contributed by atoms with Crippen LogP contribution in [0.3, 0.4) is 0 Å². The van der Waals surface area contributed by atoms with Gasteiger partial charge in [0, 0.05) is 42.6 Å². The summed E-state index contributed by atoms with van der Waals surface area (Å²) in [6, 6.07) is 1.93. The van der Waals surface area contributed by atoms with Crippen LogP contribution in [0.1, 0.15) is 21.7 Å². The number of Topliss-reactive ketones (excluding diaryl/α,β-unsaturated/α-hetero) is 1. The Labute approximate surface area is 138 Å². The van der Waals surface area contributed by atoms with Crippen molar-refractivity contribution in [3.63, 3.8) is 0 Å². The fourth-order valence-electron chi connectivity index (χ4n) is 2.00. The van der Waals surface area contributed by atoms with Crippen molar-refractivity contribution in [2.75, 3.05) is 19.8 Å². The second kappa shape index (κ2) is 6.72. The number of thioether (sulfide) groups is 1. The van der Waals surface area contributed by atoms with Crippen LogP contribution in [0.15, 0.2) is 17.6 Å². The monoisotopic (exact) mass is 339 g/mol. The molecule has 2 heterocycles. The fraction of sp³-hybridized carbons (Fsp3) is 0.357. The first-order chi connectivity index (χ1) is 9.91. The first-order valence-electron chi connectivity index (χ1n) is 6.38. The van der Waals surface area contributed by atoms with Crippen molar-refractivity contribution in [1.29, 1.82) is 0 Å². The highest BCUT2D eigenvalue weighted by molar-refractivity contribution is 8.23. The predicted octanol–water partition coefficient (Wildman–Crippen LogP) is 3.31. The van der Waals surface area contributed by atoms with E-state index in [4.69, 9.17) is 12.2 Å². The summed E-state index contributed by atoms with van der Waals surface area (Å²) in [6.07, 6.45) is 1.77.